The lowest BCUT2D eigenvalue weighted by Gasteiger charge is -2.07. The van der Waals surface area contributed by atoms with Crippen molar-refractivity contribution in [2.45, 2.75) is 0 Å². The molecule has 0 bridgehead atoms. The van der Waals surface area contributed by atoms with E-state index < -0.39 is 11.8 Å². The van der Waals surface area contributed by atoms with Crippen LogP contribution < -0.4 is 10.1 Å². The third kappa shape index (κ3) is 5.34. The average Bonchev–Trinajstić information content (AvgIpc) is 2.41. The summed E-state index contributed by atoms with van der Waals surface area (Å²) in [4.78, 5) is 21.6. The number of hydrogen-bond donors (Lipinski definition) is 2. The van der Waals surface area contributed by atoms with Crippen LogP contribution in [0.25, 0.3) is 6.08 Å². The highest BCUT2D eigenvalue weighted by molar-refractivity contribution is 5.85. The Hall–Kier alpha value is -2.63. The molecule has 0 radical (unpaired) electrons. The predicted octanol–water partition coefficient (Wildman–Crippen LogP) is 1.60. The average molecular weight is 279 g/mol. The highest BCUT2D eigenvalue weighted by atomic mass is 19.1. The lowest BCUT2D eigenvalue weighted by atomic mass is 10.2. The molecule has 0 saturated heterocycles. The number of carbonyl (C=O) groups is 2. The molecule has 0 atom stereocenters. The Morgan fingerprint density at radius 3 is 2.80 bits per heavy atom. The lowest BCUT2D eigenvalue weighted by Crippen LogP contribution is -2.28. The third-order valence-corrected chi connectivity index (χ3v) is 2.18. The van der Waals surface area contributed by atoms with Gasteiger partial charge in [-0.3, -0.25) is 4.79 Å². The molecule has 1 aromatic rings. The van der Waals surface area contributed by atoms with Gasteiger partial charge in [-0.2, -0.15) is 0 Å². The van der Waals surface area contributed by atoms with Crippen LogP contribution in [0.3, 0.4) is 0 Å². The van der Waals surface area contributed by atoms with Crippen LogP contribution in [-0.2, 0) is 9.59 Å². The molecule has 20 heavy (non-hydrogen) atoms. The van der Waals surface area contributed by atoms with E-state index in [4.69, 9.17) is 9.84 Å². The van der Waals surface area contributed by atoms with Gasteiger partial charge in [-0.15, -0.1) is 6.58 Å². The largest absolute Gasteiger partial charge is 0.481 e. The smallest absolute Gasteiger partial charge is 0.328 e. The van der Waals surface area contributed by atoms with Crippen LogP contribution >= 0.6 is 0 Å². The second-order valence-electron chi connectivity index (χ2n) is 3.74. The number of aliphatic carboxylic acids is 1. The Bertz CT molecular complexity index is 540. The van der Waals surface area contributed by atoms with E-state index in [0.717, 1.165) is 12.1 Å². The summed E-state index contributed by atoms with van der Waals surface area (Å²) in [6, 6.07) is 3.94. The molecule has 0 heterocycles. The first-order valence-electron chi connectivity index (χ1n) is 5.74. The zero-order valence-corrected chi connectivity index (χ0v) is 10.6. The number of hydrogen-bond acceptors (Lipinski definition) is 3. The van der Waals surface area contributed by atoms with Crippen LogP contribution in [0.15, 0.2) is 36.9 Å². The summed E-state index contributed by atoms with van der Waals surface area (Å²) in [6.45, 7) is 3.44. The highest BCUT2D eigenvalue weighted by Crippen LogP contribution is 2.19. The number of amides is 1. The van der Waals surface area contributed by atoms with Gasteiger partial charge < -0.3 is 15.2 Å². The predicted molar refractivity (Wildman–Crippen MR) is 71.8 cm³/mol. The van der Waals surface area contributed by atoms with Gasteiger partial charge in [0, 0.05) is 12.6 Å². The standard InChI is InChI=1S/C14H14FNO4/c1-2-7-16-13(17)9-20-12-5-3-10(8-11(12)15)4-6-14(18)19/h2-6,8H,1,7,9H2,(H,16,17)(H,18,19)/b6-4+. The molecule has 0 unspecified atom stereocenters. The number of carbonyl (C=O) groups excluding carboxylic acids is 1. The van der Waals surface area contributed by atoms with Gasteiger partial charge in [0.25, 0.3) is 5.91 Å². The van der Waals surface area contributed by atoms with Gasteiger partial charge in [0.2, 0.25) is 0 Å². The Balaban J connectivity index is 2.62. The van der Waals surface area contributed by atoms with Gasteiger partial charge in [0.05, 0.1) is 0 Å². The van der Waals surface area contributed by atoms with Gasteiger partial charge >= 0.3 is 5.97 Å². The van der Waals surface area contributed by atoms with E-state index in [1.165, 1.54) is 24.3 Å². The summed E-state index contributed by atoms with van der Waals surface area (Å²) in [6.07, 6.45) is 3.67. The number of carboxylic acid groups (broad SMARTS) is 1. The van der Waals surface area contributed by atoms with Crippen molar-refractivity contribution in [3.05, 3.63) is 48.3 Å². The van der Waals surface area contributed by atoms with Crippen molar-refractivity contribution in [2.75, 3.05) is 13.2 Å². The van der Waals surface area contributed by atoms with Crippen LogP contribution in [0.1, 0.15) is 5.56 Å². The second-order valence-corrected chi connectivity index (χ2v) is 3.74. The zero-order chi connectivity index (χ0) is 15.0. The van der Waals surface area contributed by atoms with Gasteiger partial charge in [-0.25, -0.2) is 9.18 Å². The van der Waals surface area contributed by atoms with E-state index >= 15 is 0 Å². The van der Waals surface area contributed by atoms with Crippen molar-refractivity contribution in [3.8, 4) is 5.75 Å². The molecule has 0 aliphatic heterocycles. The summed E-state index contributed by atoms with van der Waals surface area (Å²) in [5.41, 5.74) is 0.383. The maximum absolute atomic E-state index is 13.6. The van der Waals surface area contributed by atoms with E-state index in [2.05, 4.69) is 11.9 Å². The number of ether oxygens (including phenoxy) is 1. The van der Waals surface area contributed by atoms with Crippen molar-refractivity contribution in [1.82, 2.24) is 5.32 Å². The van der Waals surface area contributed by atoms with E-state index in [9.17, 15) is 14.0 Å². The Kier molecular flexibility index (Phi) is 5.96. The molecule has 1 rings (SSSR count). The minimum absolute atomic E-state index is 0.0776. The molecule has 6 heteroatoms. The summed E-state index contributed by atoms with van der Waals surface area (Å²) in [5, 5.41) is 10.9. The van der Waals surface area contributed by atoms with E-state index in [0.29, 0.717) is 12.1 Å². The molecule has 106 valence electrons. The topological polar surface area (TPSA) is 75.6 Å². The molecule has 1 aromatic carbocycles. The molecule has 0 aliphatic rings. The van der Waals surface area contributed by atoms with Crippen LogP contribution in [0.5, 0.6) is 5.75 Å². The summed E-state index contributed by atoms with van der Waals surface area (Å²) in [5.74, 6) is -2.26. The highest BCUT2D eigenvalue weighted by Gasteiger charge is 2.06. The quantitative estimate of drug-likeness (QED) is 0.587. The van der Waals surface area contributed by atoms with Crippen molar-refractivity contribution < 1.29 is 23.8 Å². The van der Waals surface area contributed by atoms with Crippen LogP contribution in [0.4, 0.5) is 4.39 Å². The van der Waals surface area contributed by atoms with Gasteiger partial charge in [-0.1, -0.05) is 12.1 Å². The minimum atomic E-state index is -1.12. The van der Waals surface area contributed by atoms with Crippen molar-refractivity contribution in [2.24, 2.45) is 0 Å². The summed E-state index contributed by atoms with van der Waals surface area (Å²) < 4.78 is 18.6. The molecule has 0 aromatic heterocycles. The number of rotatable bonds is 7. The Morgan fingerprint density at radius 1 is 1.45 bits per heavy atom. The molecular formula is C14H14FNO4. The summed E-state index contributed by atoms with van der Waals surface area (Å²) >= 11 is 0. The molecule has 5 nitrogen and oxygen atoms in total. The van der Waals surface area contributed by atoms with Gasteiger partial charge in [0.15, 0.2) is 18.2 Å². The zero-order valence-electron chi connectivity index (χ0n) is 10.6. The maximum atomic E-state index is 13.6. The first kappa shape index (κ1) is 15.4. The first-order valence-corrected chi connectivity index (χ1v) is 5.74. The molecule has 2 N–H and O–H groups in total. The van der Waals surface area contributed by atoms with E-state index in [1.807, 2.05) is 0 Å². The Morgan fingerprint density at radius 2 is 2.20 bits per heavy atom. The first-order chi connectivity index (χ1) is 9.52. The van der Waals surface area contributed by atoms with Crippen LogP contribution in [-0.4, -0.2) is 30.1 Å². The molecule has 0 fully saturated rings. The van der Waals surface area contributed by atoms with Crippen LogP contribution in [0.2, 0.25) is 0 Å². The second kappa shape index (κ2) is 7.73. The number of benzene rings is 1. The van der Waals surface area contributed by atoms with Crippen molar-refractivity contribution in [1.29, 1.82) is 0 Å². The van der Waals surface area contributed by atoms with Gasteiger partial charge in [-0.05, 0) is 23.8 Å². The molecule has 0 aliphatic carbocycles. The van der Waals surface area contributed by atoms with Crippen molar-refractivity contribution >= 4 is 18.0 Å². The molecule has 0 spiro atoms. The minimum Gasteiger partial charge on any atom is -0.481 e. The fourth-order valence-electron chi connectivity index (χ4n) is 1.29. The number of carboxylic acids is 1. The monoisotopic (exact) mass is 279 g/mol. The summed E-state index contributed by atoms with van der Waals surface area (Å²) in [7, 11) is 0. The van der Waals surface area contributed by atoms with Crippen LogP contribution in [0, 0.1) is 5.82 Å². The molecule has 0 saturated carbocycles. The molecule has 1 amide bonds. The SMILES string of the molecule is C=CCNC(=O)COc1ccc(/C=C/C(=O)O)cc1F. The normalized spacial score (nSPS) is 10.2. The maximum Gasteiger partial charge on any atom is 0.328 e. The fourth-order valence-corrected chi connectivity index (χ4v) is 1.29. The number of halogens is 1. The lowest BCUT2D eigenvalue weighted by molar-refractivity contribution is -0.131. The van der Waals surface area contributed by atoms with E-state index in [1.54, 1.807) is 0 Å². The fraction of sp³-hybridized carbons (Fsp3) is 0.143. The molecular weight excluding hydrogens is 265 g/mol. The van der Waals surface area contributed by atoms with E-state index in [-0.39, 0.29) is 18.3 Å². The number of nitrogens with one attached hydrogen (secondary N) is 1. The third-order valence-electron chi connectivity index (χ3n) is 2.18. The van der Waals surface area contributed by atoms with Gasteiger partial charge in [0.1, 0.15) is 0 Å². The van der Waals surface area contributed by atoms with Crippen molar-refractivity contribution in [3.63, 3.8) is 0 Å². The Labute approximate surface area is 115 Å².